The lowest BCUT2D eigenvalue weighted by atomic mass is 9.98. The SMILES string of the molecule is CCN(CC)CCOC(=O)c1ccc(N[C@@H]2O[C@H](CO)[C@@H](O)[C@H](O)[C@H]2O)cc1. The molecule has 28 heavy (non-hydrogen) atoms. The summed E-state index contributed by atoms with van der Waals surface area (Å²) in [7, 11) is 0. The normalized spacial score (nSPS) is 27.6. The van der Waals surface area contributed by atoms with Gasteiger partial charge in [0.15, 0.2) is 6.23 Å². The number of carbonyl (C=O) groups excluding carboxylic acids is 1. The summed E-state index contributed by atoms with van der Waals surface area (Å²) >= 11 is 0. The third-order valence-electron chi connectivity index (χ3n) is 4.86. The van der Waals surface area contributed by atoms with Crippen LogP contribution in [0.2, 0.25) is 0 Å². The number of hydrogen-bond acceptors (Lipinski definition) is 9. The minimum absolute atomic E-state index is 0.311. The summed E-state index contributed by atoms with van der Waals surface area (Å²) in [5.41, 5.74) is 0.919. The predicted molar refractivity (Wildman–Crippen MR) is 102 cm³/mol. The summed E-state index contributed by atoms with van der Waals surface area (Å²) < 4.78 is 10.7. The maximum atomic E-state index is 12.1. The van der Waals surface area contributed by atoms with Crippen LogP contribution in [0.4, 0.5) is 5.69 Å². The van der Waals surface area contributed by atoms with Crippen LogP contribution in [0.5, 0.6) is 0 Å². The van der Waals surface area contributed by atoms with Crippen LogP contribution >= 0.6 is 0 Å². The monoisotopic (exact) mass is 398 g/mol. The van der Waals surface area contributed by atoms with E-state index in [0.29, 0.717) is 24.4 Å². The molecule has 1 fully saturated rings. The van der Waals surface area contributed by atoms with Crippen molar-refractivity contribution in [1.82, 2.24) is 4.90 Å². The molecule has 1 aromatic carbocycles. The molecule has 1 aliphatic rings. The summed E-state index contributed by atoms with van der Waals surface area (Å²) in [6.45, 7) is 6.37. The number of ether oxygens (including phenoxy) is 2. The van der Waals surface area contributed by atoms with Gasteiger partial charge in [0, 0.05) is 12.2 Å². The van der Waals surface area contributed by atoms with Gasteiger partial charge in [-0.1, -0.05) is 13.8 Å². The van der Waals surface area contributed by atoms with Crippen LogP contribution in [0.3, 0.4) is 0 Å². The van der Waals surface area contributed by atoms with Crippen LogP contribution in [-0.2, 0) is 9.47 Å². The first-order valence-electron chi connectivity index (χ1n) is 9.47. The van der Waals surface area contributed by atoms with Crippen molar-refractivity contribution in [2.75, 3.05) is 38.2 Å². The van der Waals surface area contributed by atoms with Crippen molar-refractivity contribution in [2.45, 2.75) is 44.5 Å². The molecule has 0 unspecified atom stereocenters. The van der Waals surface area contributed by atoms with Crippen molar-refractivity contribution >= 4 is 11.7 Å². The fraction of sp³-hybridized carbons (Fsp3) is 0.632. The van der Waals surface area contributed by atoms with E-state index in [1.807, 2.05) is 13.8 Å². The molecule has 1 aromatic rings. The van der Waals surface area contributed by atoms with E-state index < -0.39 is 43.2 Å². The molecule has 5 atom stereocenters. The number of aliphatic hydroxyl groups excluding tert-OH is 4. The Morgan fingerprint density at radius 1 is 1.11 bits per heavy atom. The average Bonchev–Trinajstić information content (AvgIpc) is 2.72. The second kappa shape index (κ2) is 10.7. The zero-order valence-corrected chi connectivity index (χ0v) is 16.2. The fourth-order valence-corrected chi connectivity index (χ4v) is 2.98. The number of hydrogen-bond donors (Lipinski definition) is 5. The molecule has 0 saturated carbocycles. The standard InChI is InChI=1S/C19H30N2O7/c1-3-21(4-2)9-10-27-19(26)12-5-7-13(8-6-12)20-18-17(25)16(24)15(23)14(11-22)28-18/h5-8,14-18,20,22-25H,3-4,9-11H2,1-2H3/t14-,15-,16+,17-,18-/m1/s1. The molecule has 158 valence electrons. The van der Waals surface area contributed by atoms with E-state index in [2.05, 4.69) is 10.2 Å². The minimum Gasteiger partial charge on any atom is -0.461 e. The molecule has 1 heterocycles. The average molecular weight is 398 g/mol. The van der Waals surface area contributed by atoms with Gasteiger partial charge < -0.3 is 40.1 Å². The predicted octanol–water partition coefficient (Wildman–Crippen LogP) is -0.603. The van der Waals surface area contributed by atoms with Gasteiger partial charge in [0.1, 0.15) is 31.0 Å². The number of carbonyl (C=O) groups is 1. The van der Waals surface area contributed by atoms with Crippen molar-refractivity contribution in [2.24, 2.45) is 0 Å². The Balaban J connectivity index is 1.90. The van der Waals surface area contributed by atoms with Gasteiger partial charge in [-0.05, 0) is 37.4 Å². The summed E-state index contributed by atoms with van der Waals surface area (Å²) in [6.07, 6.45) is -6.27. The number of rotatable bonds is 9. The van der Waals surface area contributed by atoms with Gasteiger partial charge in [-0.25, -0.2) is 4.79 Å². The molecule has 2 rings (SSSR count). The number of nitrogens with one attached hydrogen (secondary N) is 1. The zero-order chi connectivity index (χ0) is 20.7. The molecule has 1 saturated heterocycles. The lowest BCUT2D eigenvalue weighted by Gasteiger charge is -2.40. The summed E-state index contributed by atoms with van der Waals surface area (Å²) in [4.78, 5) is 14.3. The van der Waals surface area contributed by atoms with E-state index in [0.717, 1.165) is 13.1 Å². The first kappa shape index (κ1) is 22.5. The molecular weight excluding hydrogens is 368 g/mol. The third-order valence-corrected chi connectivity index (χ3v) is 4.86. The van der Waals surface area contributed by atoms with E-state index in [1.165, 1.54) is 0 Å². The molecule has 0 aromatic heterocycles. The topological polar surface area (TPSA) is 132 Å². The van der Waals surface area contributed by atoms with E-state index in [4.69, 9.17) is 9.47 Å². The number of benzene rings is 1. The maximum absolute atomic E-state index is 12.1. The first-order chi connectivity index (χ1) is 13.4. The second-order valence-electron chi connectivity index (χ2n) is 6.63. The van der Waals surface area contributed by atoms with Crippen LogP contribution in [0.25, 0.3) is 0 Å². The molecule has 0 bridgehead atoms. The van der Waals surface area contributed by atoms with Gasteiger partial charge in [0.25, 0.3) is 0 Å². The summed E-state index contributed by atoms with van der Waals surface area (Å²) in [6, 6.07) is 6.38. The maximum Gasteiger partial charge on any atom is 0.338 e. The lowest BCUT2D eigenvalue weighted by Crippen LogP contribution is -2.60. The quantitative estimate of drug-likeness (QED) is 0.346. The lowest BCUT2D eigenvalue weighted by molar-refractivity contribution is -0.221. The molecule has 9 heteroatoms. The van der Waals surface area contributed by atoms with Gasteiger partial charge in [-0.2, -0.15) is 0 Å². The van der Waals surface area contributed by atoms with Crippen molar-refractivity contribution in [3.63, 3.8) is 0 Å². The fourth-order valence-electron chi connectivity index (χ4n) is 2.98. The van der Waals surface area contributed by atoms with Crippen LogP contribution in [0.15, 0.2) is 24.3 Å². The number of esters is 1. The van der Waals surface area contributed by atoms with Gasteiger partial charge >= 0.3 is 5.97 Å². The van der Waals surface area contributed by atoms with Crippen LogP contribution < -0.4 is 5.32 Å². The third kappa shape index (κ3) is 5.63. The Hall–Kier alpha value is -1.75. The minimum atomic E-state index is -1.46. The zero-order valence-electron chi connectivity index (χ0n) is 16.2. The number of nitrogens with zero attached hydrogens (tertiary/aromatic N) is 1. The molecule has 0 spiro atoms. The number of likely N-dealkylation sites (N-methyl/N-ethyl adjacent to an activating group) is 1. The van der Waals surface area contributed by atoms with Gasteiger partial charge in [-0.3, -0.25) is 0 Å². The smallest absolute Gasteiger partial charge is 0.338 e. The highest BCUT2D eigenvalue weighted by atomic mass is 16.6. The second-order valence-corrected chi connectivity index (χ2v) is 6.63. The van der Waals surface area contributed by atoms with Crippen molar-refractivity contribution in [3.05, 3.63) is 29.8 Å². The number of anilines is 1. The Kier molecular flexibility index (Phi) is 8.61. The Morgan fingerprint density at radius 2 is 1.75 bits per heavy atom. The molecule has 9 nitrogen and oxygen atoms in total. The van der Waals surface area contributed by atoms with Crippen LogP contribution in [-0.4, -0.2) is 94.8 Å². The van der Waals surface area contributed by atoms with Gasteiger partial charge in [-0.15, -0.1) is 0 Å². The van der Waals surface area contributed by atoms with Crippen LogP contribution in [0, 0.1) is 0 Å². The summed E-state index contributed by atoms with van der Waals surface area (Å²) in [5, 5.41) is 41.8. The highest BCUT2D eigenvalue weighted by Crippen LogP contribution is 2.23. The van der Waals surface area contributed by atoms with Gasteiger partial charge in [0.05, 0.1) is 12.2 Å². The number of aliphatic hydroxyl groups is 4. The molecule has 0 aliphatic carbocycles. The Bertz CT molecular complexity index is 607. The van der Waals surface area contributed by atoms with E-state index in [1.54, 1.807) is 24.3 Å². The highest BCUT2D eigenvalue weighted by Gasteiger charge is 2.43. The largest absolute Gasteiger partial charge is 0.461 e. The van der Waals surface area contributed by atoms with E-state index in [-0.39, 0.29) is 0 Å². The Morgan fingerprint density at radius 3 is 2.32 bits per heavy atom. The Labute approximate surface area is 164 Å². The molecule has 5 N–H and O–H groups in total. The molecular formula is C19H30N2O7. The van der Waals surface area contributed by atoms with Crippen molar-refractivity contribution in [3.8, 4) is 0 Å². The van der Waals surface area contributed by atoms with E-state index in [9.17, 15) is 25.2 Å². The first-order valence-corrected chi connectivity index (χ1v) is 9.47. The highest BCUT2D eigenvalue weighted by molar-refractivity contribution is 5.89. The van der Waals surface area contributed by atoms with Crippen molar-refractivity contribution in [1.29, 1.82) is 0 Å². The van der Waals surface area contributed by atoms with E-state index >= 15 is 0 Å². The molecule has 0 radical (unpaired) electrons. The van der Waals surface area contributed by atoms with Gasteiger partial charge in [0.2, 0.25) is 0 Å². The summed E-state index contributed by atoms with van der Waals surface area (Å²) in [5.74, 6) is -0.424. The molecule has 0 amide bonds. The van der Waals surface area contributed by atoms with Crippen LogP contribution in [0.1, 0.15) is 24.2 Å². The van der Waals surface area contributed by atoms with Crippen molar-refractivity contribution < 1.29 is 34.7 Å². The molecule has 1 aliphatic heterocycles.